The highest BCUT2D eigenvalue weighted by Gasteiger charge is 2.33. The van der Waals surface area contributed by atoms with Crippen molar-refractivity contribution in [2.45, 2.75) is 12.5 Å². The van der Waals surface area contributed by atoms with Crippen molar-refractivity contribution in [3.63, 3.8) is 0 Å². The maximum atomic E-state index is 14.4. The molecule has 26 heavy (non-hydrogen) atoms. The van der Waals surface area contributed by atoms with E-state index in [0.717, 1.165) is 0 Å². The van der Waals surface area contributed by atoms with Crippen molar-refractivity contribution in [1.29, 1.82) is 0 Å². The number of carbonyl (C=O) groups is 1. The number of thiocarbonyl (C=S) groups is 1. The third kappa shape index (κ3) is 3.98. The summed E-state index contributed by atoms with van der Waals surface area (Å²) in [4.78, 5) is 14.3. The van der Waals surface area contributed by atoms with E-state index in [-0.39, 0.29) is 13.1 Å². The number of nitrogens with one attached hydrogen (secondary N) is 2. The second kappa shape index (κ2) is 7.77. The molecule has 1 aromatic carbocycles. The van der Waals surface area contributed by atoms with Gasteiger partial charge < -0.3 is 20.4 Å². The number of halogens is 3. The van der Waals surface area contributed by atoms with E-state index in [0.29, 0.717) is 24.5 Å². The highest BCUT2D eigenvalue weighted by Crippen LogP contribution is 2.27. The topological polar surface area (TPSA) is 69.2 Å². The highest BCUT2D eigenvalue weighted by molar-refractivity contribution is 7.80. The fraction of sp³-hybridized carbons (Fsp3) is 0.400. The predicted octanol–water partition coefficient (Wildman–Crippen LogP) is 1.69. The first-order valence-electron chi connectivity index (χ1n) is 7.82. The number of hydrogen-bond acceptors (Lipinski definition) is 6. The molecule has 2 N–H and O–H groups in total. The average molecular weight is 387 g/mol. The summed E-state index contributed by atoms with van der Waals surface area (Å²) in [6.07, 6.45) is -2.62. The van der Waals surface area contributed by atoms with Gasteiger partial charge >= 0.3 is 6.09 Å². The maximum Gasteiger partial charge on any atom is 0.414 e. The molecule has 7 nitrogen and oxygen atoms in total. The number of carbonyl (C=O) groups excluding carboxylic acids is 1. The molecule has 140 valence electrons. The van der Waals surface area contributed by atoms with Gasteiger partial charge in [-0.1, -0.05) is 12.2 Å². The Bertz CT molecular complexity index is 733. The zero-order valence-corrected chi connectivity index (χ0v) is 14.3. The monoisotopic (exact) mass is 387 g/mol. The number of nitrogens with zero attached hydrogens (tertiary/aromatic N) is 3. The summed E-state index contributed by atoms with van der Waals surface area (Å²) in [6.45, 7) is 1.21. The first-order chi connectivity index (χ1) is 12.5. The molecule has 0 spiro atoms. The molecule has 0 saturated carbocycles. The molecule has 1 fully saturated rings. The summed E-state index contributed by atoms with van der Waals surface area (Å²) in [5.41, 5.74) is 3.43. The van der Waals surface area contributed by atoms with Crippen LogP contribution in [0.25, 0.3) is 0 Å². The number of cyclic esters (lactones) is 1. The molecular weight excluding hydrogens is 371 g/mol. The molecule has 0 aromatic heterocycles. The molecule has 2 aliphatic heterocycles. The first-order valence-corrected chi connectivity index (χ1v) is 8.23. The lowest BCUT2D eigenvalue weighted by molar-refractivity contribution is 0.142. The van der Waals surface area contributed by atoms with Gasteiger partial charge in [0.2, 0.25) is 0 Å². The number of amides is 1. The molecule has 1 aromatic rings. The number of benzene rings is 1. The predicted molar refractivity (Wildman–Crippen MR) is 94.5 cm³/mol. The third-order valence-electron chi connectivity index (χ3n) is 3.88. The Hall–Kier alpha value is -2.56. The zero-order valence-electron chi connectivity index (χ0n) is 13.5. The van der Waals surface area contributed by atoms with Crippen LogP contribution in [0.15, 0.2) is 23.3 Å². The van der Waals surface area contributed by atoms with Crippen LogP contribution in [0.4, 0.5) is 29.3 Å². The van der Waals surface area contributed by atoms with Crippen LogP contribution in [0.5, 0.6) is 0 Å². The van der Waals surface area contributed by atoms with Gasteiger partial charge in [-0.3, -0.25) is 4.90 Å². The van der Waals surface area contributed by atoms with E-state index in [9.17, 15) is 18.0 Å². The molecular formula is C15H16F3N5O2S. The van der Waals surface area contributed by atoms with Crippen LogP contribution in [0, 0.1) is 5.82 Å². The lowest BCUT2D eigenvalue weighted by Gasteiger charge is -2.24. The average Bonchev–Trinajstić information content (AvgIpc) is 3.01. The van der Waals surface area contributed by atoms with Gasteiger partial charge in [-0.15, -0.1) is 0 Å². The SMILES string of the molecule is O=C1O[C@@H](CNC(=S)C(F)F)CN1c1ccc(N2C=NNCC2)c(F)c1. The van der Waals surface area contributed by atoms with Gasteiger partial charge in [-0.2, -0.15) is 5.10 Å². The molecule has 2 heterocycles. The number of anilines is 2. The lowest BCUT2D eigenvalue weighted by atomic mass is 10.2. The van der Waals surface area contributed by atoms with Crippen LogP contribution in [0.1, 0.15) is 0 Å². The molecule has 0 unspecified atom stereocenters. The number of ether oxygens (including phenoxy) is 1. The van der Waals surface area contributed by atoms with Crippen LogP contribution in [0.2, 0.25) is 0 Å². The summed E-state index contributed by atoms with van der Waals surface area (Å²) >= 11 is 4.47. The van der Waals surface area contributed by atoms with E-state index in [2.05, 4.69) is 28.1 Å². The second-order valence-electron chi connectivity index (χ2n) is 5.64. The zero-order chi connectivity index (χ0) is 18.7. The molecule has 1 atom stereocenters. The van der Waals surface area contributed by atoms with E-state index in [4.69, 9.17) is 4.74 Å². The molecule has 0 bridgehead atoms. The van der Waals surface area contributed by atoms with E-state index < -0.39 is 29.4 Å². The van der Waals surface area contributed by atoms with Gasteiger partial charge in [0.05, 0.1) is 31.0 Å². The Morgan fingerprint density at radius 1 is 1.50 bits per heavy atom. The molecule has 2 aliphatic rings. The van der Waals surface area contributed by atoms with Gasteiger partial charge in [0, 0.05) is 6.54 Å². The summed E-state index contributed by atoms with van der Waals surface area (Å²) in [5.74, 6) is -0.510. The maximum absolute atomic E-state index is 14.4. The van der Waals surface area contributed by atoms with Crippen molar-refractivity contribution >= 4 is 41.0 Å². The normalized spacial score (nSPS) is 19.5. The molecule has 11 heteroatoms. The molecule has 0 aliphatic carbocycles. The van der Waals surface area contributed by atoms with E-state index >= 15 is 0 Å². The first kappa shape index (κ1) is 18.2. The number of alkyl halides is 2. The van der Waals surface area contributed by atoms with E-state index in [1.807, 2.05) is 0 Å². The van der Waals surface area contributed by atoms with Crippen molar-refractivity contribution in [2.75, 3.05) is 36.0 Å². The Morgan fingerprint density at radius 3 is 2.96 bits per heavy atom. The smallest absolute Gasteiger partial charge is 0.414 e. The van der Waals surface area contributed by atoms with Gasteiger partial charge in [-0.05, 0) is 18.2 Å². The van der Waals surface area contributed by atoms with Crippen molar-refractivity contribution in [2.24, 2.45) is 5.10 Å². The van der Waals surface area contributed by atoms with Crippen LogP contribution in [-0.2, 0) is 4.74 Å². The Kier molecular flexibility index (Phi) is 5.45. The molecule has 3 rings (SSSR count). The van der Waals surface area contributed by atoms with Gasteiger partial charge in [0.15, 0.2) is 0 Å². The van der Waals surface area contributed by atoms with Crippen molar-refractivity contribution in [3.05, 3.63) is 24.0 Å². The summed E-state index contributed by atoms with van der Waals surface area (Å²) in [5, 5.41) is 6.23. The fourth-order valence-corrected chi connectivity index (χ4v) is 2.70. The van der Waals surface area contributed by atoms with E-state index in [1.54, 1.807) is 17.0 Å². The summed E-state index contributed by atoms with van der Waals surface area (Å²) < 4.78 is 44.3. The molecule has 1 amide bonds. The van der Waals surface area contributed by atoms with Crippen LogP contribution in [0.3, 0.4) is 0 Å². The summed E-state index contributed by atoms with van der Waals surface area (Å²) in [6, 6.07) is 4.37. The minimum atomic E-state index is -2.77. The standard InChI is InChI=1S/C15H16F3N5O2S/c16-11-5-9(1-2-12(11)22-4-3-20-21-8-22)23-7-10(25-15(23)24)6-19-14(26)13(17)18/h1-2,5,8,10,13,20H,3-4,6-7H2,(H,19,26)/t10-/m0/s1. The van der Waals surface area contributed by atoms with Gasteiger partial charge in [-0.25, -0.2) is 18.0 Å². The molecule has 0 radical (unpaired) electrons. The Morgan fingerprint density at radius 2 is 2.31 bits per heavy atom. The quantitative estimate of drug-likeness (QED) is 0.750. The van der Waals surface area contributed by atoms with Crippen molar-refractivity contribution < 1.29 is 22.7 Å². The minimum absolute atomic E-state index is 0.0385. The lowest BCUT2D eigenvalue weighted by Crippen LogP contribution is -2.36. The largest absolute Gasteiger partial charge is 0.442 e. The Balaban J connectivity index is 1.66. The number of hydrogen-bond donors (Lipinski definition) is 2. The van der Waals surface area contributed by atoms with Crippen LogP contribution < -0.4 is 20.5 Å². The fourth-order valence-electron chi connectivity index (χ4n) is 2.61. The second-order valence-corrected chi connectivity index (χ2v) is 6.08. The Labute approximate surface area is 152 Å². The number of hydrazone groups is 1. The van der Waals surface area contributed by atoms with Gasteiger partial charge in [0.25, 0.3) is 6.43 Å². The summed E-state index contributed by atoms with van der Waals surface area (Å²) in [7, 11) is 0. The minimum Gasteiger partial charge on any atom is -0.442 e. The van der Waals surface area contributed by atoms with Crippen molar-refractivity contribution in [3.8, 4) is 0 Å². The number of rotatable bonds is 5. The van der Waals surface area contributed by atoms with Crippen LogP contribution in [-0.4, -0.2) is 56.1 Å². The molecule has 1 saturated heterocycles. The van der Waals surface area contributed by atoms with Gasteiger partial charge in [0.1, 0.15) is 23.2 Å². The van der Waals surface area contributed by atoms with Crippen molar-refractivity contribution in [1.82, 2.24) is 10.7 Å². The highest BCUT2D eigenvalue weighted by atomic mass is 32.1. The third-order valence-corrected chi connectivity index (χ3v) is 4.20. The van der Waals surface area contributed by atoms with Crippen LogP contribution >= 0.6 is 12.2 Å². The van der Waals surface area contributed by atoms with E-state index in [1.165, 1.54) is 17.3 Å².